The molecule has 1 atom stereocenters. The number of halogens is 1. The summed E-state index contributed by atoms with van der Waals surface area (Å²) in [4.78, 5) is 33.0. The molecule has 0 aliphatic carbocycles. The number of nitrogens with one attached hydrogen (secondary N) is 2. The van der Waals surface area contributed by atoms with Gasteiger partial charge in [-0.2, -0.15) is 0 Å². The Morgan fingerprint density at radius 1 is 1.30 bits per heavy atom. The molecule has 108 valence electrons. The number of rotatable bonds is 5. The Labute approximate surface area is 123 Å². The van der Waals surface area contributed by atoms with Gasteiger partial charge >= 0.3 is 18.0 Å². The number of anilines is 1. The summed E-state index contributed by atoms with van der Waals surface area (Å²) in [5, 5.41) is 21.9. The number of hydrogen-bond donors (Lipinski definition) is 4. The highest BCUT2D eigenvalue weighted by Gasteiger charge is 2.23. The van der Waals surface area contributed by atoms with Crippen LogP contribution in [0.1, 0.15) is 12.0 Å². The van der Waals surface area contributed by atoms with Crippen molar-refractivity contribution in [1.82, 2.24) is 5.32 Å². The summed E-state index contributed by atoms with van der Waals surface area (Å²) in [6.45, 7) is 1.88. The van der Waals surface area contributed by atoms with Gasteiger partial charge < -0.3 is 20.8 Å². The SMILES string of the molecule is Cc1ccc(NC(=O)NC(CC(=O)O)C(=O)O)c(Br)c1. The Balaban J connectivity index is 2.70. The highest BCUT2D eigenvalue weighted by atomic mass is 79.9. The van der Waals surface area contributed by atoms with Gasteiger partial charge in [0.25, 0.3) is 0 Å². The number of carbonyl (C=O) groups is 3. The predicted octanol–water partition coefficient (Wildman–Crippen LogP) is 1.81. The van der Waals surface area contributed by atoms with Gasteiger partial charge in [0.05, 0.1) is 12.1 Å². The summed E-state index contributed by atoms with van der Waals surface area (Å²) in [5.41, 5.74) is 1.43. The van der Waals surface area contributed by atoms with Crippen LogP contribution in [-0.4, -0.2) is 34.2 Å². The van der Waals surface area contributed by atoms with E-state index in [4.69, 9.17) is 10.2 Å². The molecule has 4 N–H and O–H groups in total. The number of amides is 2. The van der Waals surface area contributed by atoms with E-state index in [1.165, 1.54) is 0 Å². The fourth-order valence-electron chi connectivity index (χ4n) is 1.41. The lowest BCUT2D eigenvalue weighted by molar-refractivity contribution is -0.145. The molecule has 0 spiro atoms. The summed E-state index contributed by atoms with van der Waals surface area (Å²) in [6, 6.07) is 2.92. The molecule has 0 radical (unpaired) electrons. The number of benzene rings is 1. The number of carboxylic acids is 2. The monoisotopic (exact) mass is 344 g/mol. The van der Waals surface area contributed by atoms with Crippen LogP contribution >= 0.6 is 15.9 Å². The van der Waals surface area contributed by atoms with E-state index in [0.29, 0.717) is 10.2 Å². The summed E-state index contributed by atoms with van der Waals surface area (Å²) in [5.74, 6) is -2.72. The Morgan fingerprint density at radius 2 is 1.95 bits per heavy atom. The maximum atomic E-state index is 11.6. The normalized spacial score (nSPS) is 11.5. The number of carbonyl (C=O) groups excluding carboxylic acids is 1. The number of urea groups is 1. The van der Waals surface area contributed by atoms with E-state index >= 15 is 0 Å². The second-order valence-electron chi connectivity index (χ2n) is 4.07. The molecule has 0 aliphatic rings. The molecule has 0 saturated heterocycles. The molecular weight excluding hydrogens is 332 g/mol. The zero-order valence-corrected chi connectivity index (χ0v) is 12.1. The average Bonchev–Trinajstić information content (AvgIpc) is 2.31. The van der Waals surface area contributed by atoms with Crippen molar-refractivity contribution in [3.63, 3.8) is 0 Å². The molecule has 0 saturated carbocycles. The number of hydrogen-bond acceptors (Lipinski definition) is 3. The van der Waals surface area contributed by atoms with Crippen LogP contribution in [0.15, 0.2) is 22.7 Å². The zero-order chi connectivity index (χ0) is 15.3. The van der Waals surface area contributed by atoms with E-state index < -0.39 is 30.4 Å². The van der Waals surface area contributed by atoms with Crippen molar-refractivity contribution in [1.29, 1.82) is 0 Å². The second kappa shape index (κ2) is 6.90. The molecule has 0 aromatic heterocycles. The first-order valence-electron chi connectivity index (χ1n) is 5.58. The van der Waals surface area contributed by atoms with Crippen molar-refractivity contribution < 1.29 is 24.6 Å². The molecule has 0 bridgehead atoms. The fraction of sp³-hybridized carbons (Fsp3) is 0.250. The Hall–Kier alpha value is -2.09. The molecule has 1 unspecified atom stereocenters. The van der Waals surface area contributed by atoms with Gasteiger partial charge in [-0.1, -0.05) is 6.07 Å². The van der Waals surface area contributed by atoms with Gasteiger partial charge in [-0.3, -0.25) is 4.79 Å². The highest BCUT2D eigenvalue weighted by molar-refractivity contribution is 9.10. The van der Waals surface area contributed by atoms with Crippen molar-refractivity contribution in [2.75, 3.05) is 5.32 Å². The molecule has 7 nitrogen and oxygen atoms in total. The van der Waals surface area contributed by atoms with Crippen molar-refractivity contribution in [3.05, 3.63) is 28.2 Å². The van der Waals surface area contributed by atoms with E-state index in [1.54, 1.807) is 18.2 Å². The third-order valence-corrected chi connectivity index (χ3v) is 3.01. The first kappa shape index (κ1) is 16.0. The summed E-state index contributed by atoms with van der Waals surface area (Å²) in [7, 11) is 0. The molecule has 1 aromatic rings. The minimum atomic E-state index is -1.49. The minimum absolute atomic E-state index is 0.451. The van der Waals surface area contributed by atoms with E-state index in [1.807, 2.05) is 6.92 Å². The van der Waals surface area contributed by atoms with Crippen LogP contribution in [-0.2, 0) is 9.59 Å². The Morgan fingerprint density at radius 3 is 2.45 bits per heavy atom. The lowest BCUT2D eigenvalue weighted by Crippen LogP contribution is -2.44. The van der Waals surface area contributed by atoms with Crippen LogP contribution < -0.4 is 10.6 Å². The number of aliphatic carboxylic acids is 2. The van der Waals surface area contributed by atoms with Crippen molar-refractivity contribution in [2.45, 2.75) is 19.4 Å². The first-order chi connectivity index (χ1) is 9.29. The lowest BCUT2D eigenvalue weighted by Gasteiger charge is -2.14. The van der Waals surface area contributed by atoms with Crippen LogP contribution in [0.2, 0.25) is 0 Å². The standard InChI is InChI=1S/C12H13BrN2O5/c1-6-2-3-8(7(13)4-6)14-12(20)15-9(11(18)19)5-10(16)17/h2-4,9H,5H2,1H3,(H,16,17)(H,18,19)(H2,14,15,20). The summed E-state index contributed by atoms with van der Waals surface area (Å²) in [6.07, 6.45) is -0.697. The van der Waals surface area contributed by atoms with Crippen molar-refractivity contribution in [3.8, 4) is 0 Å². The van der Waals surface area contributed by atoms with E-state index in [9.17, 15) is 14.4 Å². The Kier molecular flexibility index (Phi) is 5.51. The molecule has 20 heavy (non-hydrogen) atoms. The maximum absolute atomic E-state index is 11.6. The summed E-state index contributed by atoms with van der Waals surface area (Å²) < 4.78 is 0.637. The molecule has 1 rings (SSSR count). The van der Waals surface area contributed by atoms with Crippen LogP contribution in [0.25, 0.3) is 0 Å². The molecule has 0 heterocycles. The maximum Gasteiger partial charge on any atom is 0.326 e. The molecule has 0 fully saturated rings. The van der Waals surface area contributed by atoms with E-state index in [2.05, 4.69) is 26.6 Å². The third-order valence-electron chi connectivity index (χ3n) is 2.35. The molecule has 1 aromatic carbocycles. The van der Waals surface area contributed by atoms with Crippen molar-refractivity contribution >= 4 is 39.6 Å². The van der Waals surface area contributed by atoms with Crippen LogP contribution in [0.5, 0.6) is 0 Å². The molecule has 2 amide bonds. The number of carboxylic acid groups (broad SMARTS) is 2. The van der Waals surface area contributed by atoms with Gasteiger partial charge in [0.2, 0.25) is 0 Å². The second-order valence-corrected chi connectivity index (χ2v) is 4.92. The topological polar surface area (TPSA) is 116 Å². The van der Waals surface area contributed by atoms with Gasteiger partial charge in [-0.25, -0.2) is 9.59 Å². The Bertz CT molecular complexity index is 547. The average molecular weight is 345 g/mol. The van der Waals surface area contributed by atoms with Gasteiger partial charge in [0.15, 0.2) is 0 Å². The van der Waals surface area contributed by atoms with Crippen molar-refractivity contribution in [2.24, 2.45) is 0 Å². The number of aryl methyl sites for hydroxylation is 1. The molecule has 0 aliphatic heterocycles. The third kappa shape index (κ3) is 4.88. The van der Waals surface area contributed by atoms with Gasteiger partial charge in [-0.05, 0) is 40.5 Å². The highest BCUT2D eigenvalue weighted by Crippen LogP contribution is 2.23. The zero-order valence-electron chi connectivity index (χ0n) is 10.5. The van der Waals surface area contributed by atoms with Crippen LogP contribution in [0.4, 0.5) is 10.5 Å². The van der Waals surface area contributed by atoms with Crippen LogP contribution in [0, 0.1) is 6.92 Å². The molecule has 8 heteroatoms. The van der Waals surface area contributed by atoms with E-state index in [0.717, 1.165) is 5.56 Å². The van der Waals surface area contributed by atoms with Crippen LogP contribution in [0.3, 0.4) is 0 Å². The predicted molar refractivity (Wildman–Crippen MR) is 74.7 cm³/mol. The molecular formula is C12H13BrN2O5. The lowest BCUT2D eigenvalue weighted by atomic mass is 10.2. The van der Waals surface area contributed by atoms with Gasteiger partial charge in [0, 0.05) is 4.47 Å². The van der Waals surface area contributed by atoms with E-state index in [-0.39, 0.29) is 0 Å². The largest absolute Gasteiger partial charge is 0.481 e. The minimum Gasteiger partial charge on any atom is -0.481 e. The fourth-order valence-corrected chi connectivity index (χ4v) is 2.01. The summed E-state index contributed by atoms with van der Waals surface area (Å²) >= 11 is 3.26. The smallest absolute Gasteiger partial charge is 0.326 e. The van der Waals surface area contributed by atoms with Gasteiger partial charge in [0.1, 0.15) is 6.04 Å². The first-order valence-corrected chi connectivity index (χ1v) is 6.37. The quantitative estimate of drug-likeness (QED) is 0.650. The van der Waals surface area contributed by atoms with Gasteiger partial charge in [-0.15, -0.1) is 0 Å².